The number of aliphatic hydroxyl groups excluding tert-OH is 4. The second-order valence-corrected chi connectivity index (χ2v) is 19.3. The molecule has 0 aromatic carbocycles. The Balaban J connectivity index is 2.52. The molecule has 0 saturated heterocycles. The van der Waals surface area contributed by atoms with E-state index in [0.717, 1.165) is 83.5 Å². The molecule has 364 valence electrons. The molecule has 1 aliphatic rings. The lowest BCUT2D eigenvalue weighted by atomic mass is 9.88. The number of allylic oxidation sites excluding steroid dienone is 2. The molecule has 1 rings (SSSR count). The second-order valence-electron chi connectivity index (χ2n) is 16.6. The van der Waals surface area contributed by atoms with Crippen molar-refractivity contribution in [2.75, 3.05) is 26.4 Å². The smallest absolute Gasteiger partial charge is 0.462 e. The van der Waals surface area contributed by atoms with Crippen molar-refractivity contribution >= 4 is 27.6 Å². The Morgan fingerprint density at radius 3 is 1.81 bits per heavy atom. The third-order valence-corrected chi connectivity index (χ3v) is 12.3. The number of hydrogen-bond acceptors (Lipinski definition) is 13. The molecule has 0 spiro atoms. The van der Waals surface area contributed by atoms with Gasteiger partial charge in [-0.2, -0.15) is 0 Å². The summed E-state index contributed by atoms with van der Waals surface area (Å²) in [4.78, 5) is 53.0. The first kappa shape index (κ1) is 58.5. The molecule has 0 bridgehead atoms. The van der Waals surface area contributed by atoms with E-state index in [4.69, 9.17) is 23.8 Å². The van der Waals surface area contributed by atoms with Crippen LogP contribution < -0.4 is 0 Å². The monoisotopic (exact) mass is 929 g/mol. The van der Waals surface area contributed by atoms with E-state index >= 15 is 0 Å². The molecule has 0 heterocycles. The molecule has 62 heavy (non-hydrogen) atoms. The summed E-state index contributed by atoms with van der Waals surface area (Å²) >= 11 is 0. The summed E-state index contributed by atoms with van der Waals surface area (Å²) < 4.78 is 47.9. The van der Waals surface area contributed by atoms with Crippen LogP contribution >= 0.6 is 15.6 Å². The van der Waals surface area contributed by atoms with Crippen molar-refractivity contribution in [2.24, 2.45) is 11.8 Å². The van der Waals surface area contributed by atoms with Gasteiger partial charge >= 0.3 is 27.6 Å². The highest BCUT2D eigenvalue weighted by atomic mass is 31.2. The molecule has 0 aromatic rings. The topological polar surface area (TPSA) is 256 Å². The van der Waals surface area contributed by atoms with Gasteiger partial charge in [-0.1, -0.05) is 128 Å². The first-order valence-electron chi connectivity index (χ1n) is 23.3. The highest BCUT2D eigenvalue weighted by molar-refractivity contribution is 7.47. The summed E-state index contributed by atoms with van der Waals surface area (Å²) in [6, 6.07) is 0. The summed E-state index contributed by atoms with van der Waals surface area (Å²) in [5.41, 5.74) is 0. The summed E-state index contributed by atoms with van der Waals surface area (Å²) in [5.74, 6) is -1.53. The molecule has 1 fully saturated rings. The molecule has 0 aromatic heterocycles. The highest BCUT2D eigenvalue weighted by Crippen LogP contribution is 2.44. The van der Waals surface area contributed by atoms with Crippen molar-refractivity contribution in [3.05, 3.63) is 24.3 Å². The number of hydrogen-bond donors (Lipinski definition) is 7. The molecular weight excluding hydrogens is 846 g/mol. The van der Waals surface area contributed by atoms with Gasteiger partial charge in [0.05, 0.1) is 38.1 Å². The van der Waals surface area contributed by atoms with Crippen LogP contribution in [-0.4, -0.2) is 104 Å². The van der Waals surface area contributed by atoms with Crippen molar-refractivity contribution < 1.29 is 76.9 Å². The average Bonchev–Trinajstić information content (AvgIpc) is 3.49. The number of aliphatic hydroxyl groups is 4. The Bertz CT molecular complexity index is 1310. The fourth-order valence-corrected chi connectivity index (χ4v) is 8.48. The fraction of sp³-hybridized carbons (Fsp3) is 0.864. The Kier molecular flexibility index (Phi) is 33.7. The Labute approximate surface area is 371 Å². The standard InChI is InChI=1S/C44H82O16P2/c1-3-5-7-8-9-10-11-12-13-14-15-16-17-18-24-28-44(50)60-38(35-59-62(54,55)58-33-37(46)32-57-61(51,52)53)34-56-43(49)27-23-20-19-22-26-39-40(42(48)31-41(39)47)30-29-36(45)25-21-6-4-2/h10-11,29-30,36-42,45-48H,3-9,12-28,31-35H2,1-2H3,(H,54,55)(H2,51,52,53)/b11-10-,30-29+/t36-,37-,38+,39+,40+,41-,42+/m0/s1. The lowest BCUT2D eigenvalue weighted by Crippen LogP contribution is -2.30. The van der Waals surface area contributed by atoms with E-state index < -0.39 is 84.5 Å². The molecule has 0 radical (unpaired) electrons. The number of phosphoric acid groups is 2. The number of ether oxygens (including phenoxy) is 2. The maximum Gasteiger partial charge on any atom is 0.472 e. The van der Waals surface area contributed by atoms with Crippen LogP contribution in [0.15, 0.2) is 24.3 Å². The van der Waals surface area contributed by atoms with Crippen molar-refractivity contribution in [3.8, 4) is 0 Å². The highest BCUT2D eigenvalue weighted by Gasteiger charge is 2.39. The maximum atomic E-state index is 12.7. The summed E-state index contributed by atoms with van der Waals surface area (Å²) in [5, 5.41) is 41.2. The third kappa shape index (κ3) is 32.2. The van der Waals surface area contributed by atoms with E-state index in [2.05, 4.69) is 35.0 Å². The fourth-order valence-electron chi connectivity index (χ4n) is 7.32. The molecule has 16 nitrogen and oxygen atoms in total. The first-order valence-corrected chi connectivity index (χ1v) is 26.3. The summed E-state index contributed by atoms with van der Waals surface area (Å²) in [7, 11) is -9.75. The number of phosphoric ester groups is 2. The minimum Gasteiger partial charge on any atom is -0.462 e. The van der Waals surface area contributed by atoms with Crippen LogP contribution in [0.5, 0.6) is 0 Å². The van der Waals surface area contributed by atoms with Crippen molar-refractivity contribution in [2.45, 2.75) is 205 Å². The Morgan fingerprint density at radius 1 is 0.645 bits per heavy atom. The number of carbonyl (C=O) groups is 2. The largest absolute Gasteiger partial charge is 0.472 e. The summed E-state index contributed by atoms with van der Waals surface area (Å²) in [6.45, 7) is 1.42. The van der Waals surface area contributed by atoms with E-state index in [-0.39, 0.29) is 24.7 Å². The van der Waals surface area contributed by atoms with Crippen LogP contribution in [0.25, 0.3) is 0 Å². The van der Waals surface area contributed by atoms with E-state index in [9.17, 15) is 44.0 Å². The van der Waals surface area contributed by atoms with Crippen LogP contribution in [-0.2, 0) is 41.8 Å². The molecule has 1 unspecified atom stereocenters. The third-order valence-electron chi connectivity index (χ3n) is 10.9. The SMILES string of the molecule is CCCCCC/C=C\CCCCCCCCCC(=O)O[C@H](COC(=O)CCCCCC[C@@H]1[C@@H](/C=C/[C@@H](O)CCCCC)[C@H](O)C[C@@H]1O)COP(=O)(O)OC[C@@H](O)COP(=O)(O)O. The van der Waals surface area contributed by atoms with Gasteiger partial charge in [-0.05, 0) is 57.3 Å². The Morgan fingerprint density at radius 2 is 1.18 bits per heavy atom. The van der Waals surface area contributed by atoms with Crippen LogP contribution in [0, 0.1) is 11.8 Å². The van der Waals surface area contributed by atoms with Gasteiger partial charge in [0.1, 0.15) is 12.7 Å². The van der Waals surface area contributed by atoms with Gasteiger partial charge in [0, 0.05) is 25.2 Å². The van der Waals surface area contributed by atoms with Gasteiger partial charge < -0.3 is 44.6 Å². The molecular formula is C44H82O16P2. The molecule has 7 N–H and O–H groups in total. The van der Waals surface area contributed by atoms with Gasteiger partial charge in [-0.15, -0.1) is 0 Å². The molecule has 18 heteroatoms. The van der Waals surface area contributed by atoms with Crippen molar-refractivity contribution in [3.63, 3.8) is 0 Å². The van der Waals surface area contributed by atoms with E-state index in [1.54, 1.807) is 6.08 Å². The second kappa shape index (κ2) is 35.7. The molecule has 1 saturated carbocycles. The predicted octanol–water partition coefficient (Wildman–Crippen LogP) is 8.28. The van der Waals surface area contributed by atoms with Crippen LogP contribution in [0.1, 0.15) is 174 Å². The average molecular weight is 929 g/mol. The minimum atomic E-state index is -4.89. The van der Waals surface area contributed by atoms with Crippen LogP contribution in [0.3, 0.4) is 0 Å². The molecule has 1 aliphatic carbocycles. The van der Waals surface area contributed by atoms with E-state index in [1.807, 2.05) is 6.08 Å². The van der Waals surface area contributed by atoms with Crippen molar-refractivity contribution in [1.82, 2.24) is 0 Å². The lowest BCUT2D eigenvalue weighted by Gasteiger charge is -2.21. The number of esters is 2. The van der Waals surface area contributed by atoms with Crippen molar-refractivity contribution in [1.29, 1.82) is 0 Å². The number of rotatable bonds is 40. The zero-order chi connectivity index (χ0) is 46.1. The van der Waals surface area contributed by atoms with E-state index in [1.165, 1.54) is 25.7 Å². The van der Waals surface area contributed by atoms with Gasteiger partial charge in [0.15, 0.2) is 6.10 Å². The van der Waals surface area contributed by atoms with Gasteiger partial charge in [-0.25, -0.2) is 9.13 Å². The quantitative estimate of drug-likeness (QED) is 0.0132. The predicted molar refractivity (Wildman–Crippen MR) is 237 cm³/mol. The summed E-state index contributed by atoms with van der Waals surface area (Å²) in [6.07, 6.45) is 25.1. The van der Waals surface area contributed by atoms with Crippen LogP contribution in [0.2, 0.25) is 0 Å². The number of carbonyl (C=O) groups excluding carboxylic acids is 2. The molecule has 8 atom stereocenters. The van der Waals surface area contributed by atoms with Gasteiger partial charge in [-0.3, -0.25) is 23.2 Å². The zero-order valence-corrected chi connectivity index (χ0v) is 39.3. The first-order chi connectivity index (χ1) is 29.6. The molecule has 0 aliphatic heterocycles. The maximum absolute atomic E-state index is 12.7. The van der Waals surface area contributed by atoms with E-state index in [0.29, 0.717) is 38.5 Å². The van der Waals surface area contributed by atoms with Gasteiger partial charge in [0.2, 0.25) is 0 Å². The zero-order valence-electron chi connectivity index (χ0n) is 37.6. The van der Waals surface area contributed by atoms with Gasteiger partial charge in [0.25, 0.3) is 0 Å². The number of unbranched alkanes of at least 4 members (excludes halogenated alkanes) is 16. The lowest BCUT2D eigenvalue weighted by molar-refractivity contribution is -0.161. The minimum absolute atomic E-state index is 0.0690. The van der Waals surface area contributed by atoms with Crippen LogP contribution in [0.4, 0.5) is 0 Å². The Hall–Kier alpha value is -1.52. The normalized spacial score (nSPS) is 20.7. The molecule has 0 amide bonds.